The van der Waals surface area contributed by atoms with E-state index in [1.165, 1.54) is 4.90 Å². The van der Waals surface area contributed by atoms with Gasteiger partial charge in [-0.05, 0) is 12.0 Å². The van der Waals surface area contributed by atoms with Gasteiger partial charge in [0.15, 0.2) is 0 Å². The van der Waals surface area contributed by atoms with Crippen LogP contribution >= 0.6 is 0 Å². The zero-order valence-electron chi connectivity index (χ0n) is 11.9. The molecule has 0 aliphatic carbocycles. The van der Waals surface area contributed by atoms with Crippen LogP contribution in [-0.4, -0.2) is 54.2 Å². The number of benzene rings is 1. The SMILES string of the molecule is CN(C(=O)[C@@H](N)Cc1ccccc1)C1COCC1C(=O)O. The standard InChI is InChI=1S/C15H20N2O4/c1-17(13-9-21-8-11(13)15(19)20)14(18)12(16)7-10-5-3-2-4-6-10/h2-6,11-13H,7-9,16H2,1H3,(H,19,20)/t11?,12-,13?/m0/s1. The van der Waals surface area contributed by atoms with E-state index < -0.39 is 24.0 Å². The Balaban J connectivity index is 2.00. The van der Waals surface area contributed by atoms with Crippen LogP contribution < -0.4 is 5.73 Å². The quantitative estimate of drug-likeness (QED) is 0.804. The van der Waals surface area contributed by atoms with Crippen molar-refractivity contribution in [2.45, 2.75) is 18.5 Å². The van der Waals surface area contributed by atoms with Gasteiger partial charge in [-0.25, -0.2) is 0 Å². The number of nitrogens with zero attached hydrogens (tertiary/aromatic N) is 1. The first-order valence-electron chi connectivity index (χ1n) is 6.87. The van der Waals surface area contributed by atoms with Crippen molar-refractivity contribution in [1.82, 2.24) is 4.90 Å². The molecule has 0 spiro atoms. The van der Waals surface area contributed by atoms with Gasteiger partial charge in [0.05, 0.1) is 25.3 Å². The number of ether oxygens (including phenoxy) is 1. The lowest BCUT2D eigenvalue weighted by atomic mass is 10.0. The molecule has 0 bridgehead atoms. The van der Waals surface area contributed by atoms with E-state index in [1.807, 2.05) is 30.3 Å². The number of nitrogens with two attached hydrogens (primary N) is 1. The summed E-state index contributed by atoms with van der Waals surface area (Å²) in [6.45, 7) is 0.364. The van der Waals surface area contributed by atoms with E-state index in [-0.39, 0.29) is 19.1 Å². The summed E-state index contributed by atoms with van der Waals surface area (Å²) >= 11 is 0. The van der Waals surface area contributed by atoms with Crippen molar-refractivity contribution < 1.29 is 19.4 Å². The van der Waals surface area contributed by atoms with Crippen LogP contribution in [0.25, 0.3) is 0 Å². The van der Waals surface area contributed by atoms with Gasteiger partial charge in [0, 0.05) is 7.05 Å². The average Bonchev–Trinajstić information content (AvgIpc) is 2.96. The maximum Gasteiger partial charge on any atom is 0.311 e. The van der Waals surface area contributed by atoms with Crippen LogP contribution in [0.15, 0.2) is 30.3 Å². The normalized spacial score (nSPS) is 22.8. The number of rotatable bonds is 5. The van der Waals surface area contributed by atoms with Crippen LogP contribution in [-0.2, 0) is 20.7 Å². The highest BCUT2D eigenvalue weighted by Gasteiger charge is 2.39. The van der Waals surface area contributed by atoms with E-state index >= 15 is 0 Å². The Hall–Kier alpha value is -1.92. The Kier molecular flexibility index (Phi) is 4.93. The molecule has 6 nitrogen and oxygen atoms in total. The van der Waals surface area contributed by atoms with Gasteiger partial charge in [-0.15, -0.1) is 0 Å². The van der Waals surface area contributed by atoms with Crippen molar-refractivity contribution in [1.29, 1.82) is 0 Å². The third-order valence-corrected chi connectivity index (χ3v) is 3.83. The molecule has 2 rings (SSSR count). The molecule has 0 aromatic heterocycles. The van der Waals surface area contributed by atoms with Crippen LogP contribution in [0.3, 0.4) is 0 Å². The summed E-state index contributed by atoms with van der Waals surface area (Å²) in [5.74, 6) is -1.91. The number of hydrogen-bond acceptors (Lipinski definition) is 4. The van der Waals surface area contributed by atoms with Gasteiger partial charge in [0.1, 0.15) is 5.92 Å². The second kappa shape index (κ2) is 6.69. The second-order valence-electron chi connectivity index (χ2n) is 5.29. The maximum absolute atomic E-state index is 12.4. The van der Waals surface area contributed by atoms with Gasteiger partial charge in [-0.2, -0.15) is 0 Å². The minimum atomic E-state index is -0.950. The molecule has 3 atom stereocenters. The molecule has 1 heterocycles. The molecule has 1 amide bonds. The summed E-state index contributed by atoms with van der Waals surface area (Å²) in [6.07, 6.45) is 0.426. The summed E-state index contributed by atoms with van der Waals surface area (Å²) in [5, 5.41) is 9.14. The van der Waals surface area contributed by atoms with Crippen molar-refractivity contribution >= 4 is 11.9 Å². The van der Waals surface area contributed by atoms with Gasteiger partial charge in [-0.1, -0.05) is 30.3 Å². The van der Waals surface area contributed by atoms with Crippen molar-refractivity contribution in [2.75, 3.05) is 20.3 Å². The first-order valence-corrected chi connectivity index (χ1v) is 6.87. The van der Waals surface area contributed by atoms with Crippen molar-refractivity contribution in [2.24, 2.45) is 11.7 Å². The third kappa shape index (κ3) is 3.59. The van der Waals surface area contributed by atoms with Crippen LogP contribution in [0.2, 0.25) is 0 Å². The lowest BCUT2D eigenvalue weighted by Crippen LogP contribution is -2.51. The van der Waals surface area contributed by atoms with E-state index in [4.69, 9.17) is 15.6 Å². The molecule has 3 N–H and O–H groups in total. The topological polar surface area (TPSA) is 92.9 Å². The average molecular weight is 292 g/mol. The number of carbonyl (C=O) groups is 2. The molecule has 0 saturated carbocycles. The maximum atomic E-state index is 12.4. The summed E-state index contributed by atoms with van der Waals surface area (Å²) in [6, 6.07) is 8.35. The van der Waals surface area contributed by atoms with Crippen LogP contribution in [0.1, 0.15) is 5.56 Å². The summed E-state index contributed by atoms with van der Waals surface area (Å²) < 4.78 is 5.18. The molecule has 0 radical (unpaired) electrons. The van der Waals surface area contributed by atoms with Crippen LogP contribution in [0.4, 0.5) is 0 Å². The Morgan fingerprint density at radius 2 is 2.05 bits per heavy atom. The van der Waals surface area contributed by atoms with E-state index in [0.29, 0.717) is 6.42 Å². The van der Waals surface area contributed by atoms with Crippen LogP contribution in [0.5, 0.6) is 0 Å². The predicted molar refractivity (Wildman–Crippen MR) is 76.6 cm³/mol. The Morgan fingerprint density at radius 1 is 1.38 bits per heavy atom. The van der Waals surface area contributed by atoms with Gasteiger partial charge in [0.25, 0.3) is 0 Å². The number of aliphatic carboxylic acids is 1. The zero-order valence-corrected chi connectivity index (χ0v) is 11.9. The highest BCUT2D eigenvalue weighted by atomic mass is 16.5. The zero-order chi connectivity index (χ0) is 15.4. The van der Waals surface area contributed by atoms with Crippen LogP contribution in [0, 0.1) is 5.92 Å². The molecule has 2 unspecified atom stereocenters. The number of carboxylic acids is 1. The third-order valence-electron chi connectivity index (χ3n) is 3.83. The highest BCUT2D eigenvalue weighted by molar-refractivity contribution is 5.83. The highest BCUT2D eigenvalue weighted by Crippen LogP contribution is 2.20. The number of carbonyl (C=O) groups excluding carboxylic acids is 1. The number of carboxylic acid groups (broad SMARTS) is 1. The number of amides is 1. The Bertz CT molecular complexity index is 506. The van der Waals surface area contributed by atoms with E-state index in [0.717, 1.165) is 5.56 Å². The molecular weight excluding hydrogens is 272 g/mol. The minimum Gasteiger partial charge on any atom is -0.481 e. The first-order chi connectivity index (χ1) is 10.0. The van der Waals surface area contributed by atoms with Crippen molar-refractivity contribution in [3.8, 4) is 0 Å². The van der Waals surface area contributed by atoms with E-state index in [1.54, 1.807) is 7.05 Å². The minimum absolute atomic E-state index is 0.130. The van der Waals surface area contributed by atoms with E-state index in [2.05, 4.69) is 0 Å². The Morgan fingerprint density at radius 3 is 2.67 bits per heavy atom. The Labute approximate surface area is 123 Å². The predicted octanol–water partition coefficient (Wildman–Crippen LogP) is 0.114. The molecule has 1 saturated heterocycles. The number of hydrogen-bond donors (Lipinski definition) is 2. The lowest BCUT2D eigenvalue weighted by Gasteiger charge is -2.28. The number of likely N-dealkylation sites (N-methyl/N-ethyl adjacent to an activating group) is 1. The largest absolute Gasteiger partial charge is 0.481 e. The van der Waals surface area contributed by atoms with Gasteiger partial charge < -0.3 is 20.5 Å². The molecule has 1 aromatic carbocycles. The fourth-order valence-corrected chi connectivity index (χ4v) is 2.54. The lowest BCUT2D eigenvalue weighted by molar-refractivity contribution is -0.144. The molecule has 21 heavy (non-hydrogen) atoms. The smallest absolute Gasteiger partial charge is 0.311 e. The molecule has 114 valence electrons. The molecule has 1 aliphatic heterocycles. The second-order valence-corrected chi connectivity index (χ2v) is 5.29. The van der Waals surface area contributed by atoms with Gasteiger partial charge in [-0.3, -0.25) is 9.59 Å². The first kappa shape index (κ1) is 15.5. The van der Waals surface area contributed by atoms with Gasteiger partial charge in [0.2, 0.25) is 5.91 Å². The fourth-order valence-electron chi connectivity index (χ4n) is 2.54. The molecular formula is C15H20N2O4. The monoisotopic (exact) mass is 292 g/mol. The van der Waals surface area contributed by atoms with E-state index in [9.17, 15) is 9.59 Å². The fraction of sp³-hybridized carbons (Fsp3) is 0.467. The van der Waals surface area contributed by atoms with Crippen molar-refractivity contribution in [3.05, 3.63) is 35.9 Å². The van der Waals surface area contributed by atoms with Crippen molar-refractivity contribution in [3.63, 3.8) is 0 Å². The van der Waals surface area contributed by atoms with Gasteiger partial charge >= 0.3 is 5.97 Å². The molecule has 1 fully saturated rings. The molecule has 1 aliphatic rings. The summed E-state index contributed by atoms with van der Waals surface area (Å²) in [5.41, 5.74) is 6.94. The molecule has 1 aromatic rings. The summed E-state index contributed by atoms with van der Waals surface area (Å²) in [4.78, 5) is 24.9. The summed E-state index contributed by atoms with van der Waals surface area (Å²) in [7, 11) is 1.59. The molecule has 6 heteroatoms.